The Morgan fingerprint density at radius 3 is 2.43 bits per heavy atom. The van der Waals surface area contributed by atoms with E-state index in [1.165, 1.54) is 4.90 Å². The highest BCUT2D eigenvalue weighted by Gasteiger charge is 2.76. The van der Waals surface area contributed by atoms with Crippen LogP contribution in [0.25, 0.3) is 6.08 Å². The Bertz CT molecular complexity index is 1580. The zero-order valence-corrected chi connectivity index (χ0v) is 25.7. The lowest BCUT2D eigenvalue weighted by Gasteiger charge is -2.50. The molecule has 11 heteroatoms. The number of benzene rings is 2. The van der Waals surface area contributed by atoms with E-state index in [2.05, 4.69) is 22.5 Å². The van der Waals surface area contributed by atoms with E-state index in [4.69, 9.17) is 27.9 Å². The van der Waals surface area contributed by atoms with Crippen LogP contribution in [0.5, 0.6) is 11.5 Å². The number of nitrogens with zero attached hydrogens (tertiary/aromatic N) is 2. The third kappa shape index (κ3) is 3.72. The van der Waals surface area contributed by atoms with Crippen molar-refractivity contribution in [3.63, 3.8) is 0 Å². The van der Waals surface area contributed by atoms with Crippen LogP contribution in [-0.2, 0) is 19.2 Å². The number of likely N-dealkylation sites (tertiary alicyclic amines) is 1. The van der Waals surface area contributed by atoms with E-state index in [1.807, 2.05) is 6.08 Å². The van der Waals surface area contributed by atoms with Crippen molar-refractivity contribution in [2.75, 3.05) is 17.0 Å². The minimum atomic E-state index is -2.01. The van der Waals surface area contributed by atoms with Crippen LogP contribution in [0.2, 0.25) is 0 Å². The van der Waals surface area contributed by atoms with Crippen LogP contribution < -0.4 is 9.64 Å². The quantitative estimate of drug-likeness (QED) is 0.192. The number of hydrogen-bond donors (Lipinski definition) is 1. The molecule has 0 bridgehead atoms. The van der Waals surface area contributed by atoms with Gasteiger partial charge in [0.25, 0.3) is 11.8 Å². The molecule has 2 heterocycles. The third-order valence-corrected chi connectivity index (χ3v) is 11.0. The van der Waals surface area contributed by atoms with Crippen LogP contribution >= 0.6 is 39.1 Å². The van der Waals surface area contributed by atoms with Gasteiger partial charge in [-0.3, -0.25) is 29.0 Å². The molecule has 0 spiro atoms. The van der Waals surface area contributed by atoms with Crippen LogP contribution in [0.4, 0.5) is 5.69 Å². The number of anilines is 1. The Labute approximate surface area is 261 Å². The maximum Gasteiger partial charge on any atom is 0.254 e. The number of para-hydroxylation sites is 1. The minimum Gasteiger partial charge on any atom is -0.504 e. The van der Waals surface area contributed by atoms with E-state index in [1.54, 1.807) is 55.5 Å². The van der Waals surface area contributed by atoms with Gasteiger partial charge in [0.05, 0.1) is 29.6 Å². The number of fused-ring (bicyclic) bond motifs is 4. The first-order valence-electron chi connectivity index (χ1n) is 13.6. The molecule has 3 fully saturated rings. The average Bonchev–Trinajstić information content (AvgIpc) is 3.32. The molecule has 0 radical (unpaired) electrons. The average molecular weight is 674 g/mol. The van der Waals surface area contributed by atoms with Crippen molar-refractivity contribution < 1.29 is 29.0 Å². The van der Waals surface area contributed by atoms with E-state index in [-0.39, 0.29) is 47.9 Å². The maximum atomic E-state index is 14.1. The Morgan fingerprint density at radius 1 is 1.07 bits per heavy atom. The molecular weight excluding hydrogens is 647 g/mol. The zero-order valence-electron chi connectivity index (χ0n) is 22.6. The van der Waals surface area contributed by atoms with Gasteiger partial charge >= 0.3 is 0 Å². The molecule has 1 N–H and O–H groups in total. The van der Waals surface area contributed by atoms with Crippen LogP contribution in [0.3, 0.4) is 0 Å². The number of amides is 4. The van der Waals surface area contributed by atoms with Crippen LogP contribution in [0.15, 0.2) is 60.7 Å². The van der Waals surface area contributed by atoms with Crippen LogP contribution in [0.1, 0.15) is 36.8 Å². The molecule has 2 aliphatic heterocycles. The van der Waals surface area contributed by atoms with Crippen LogP contribution in [0, 0.1) is 17.8 Å². The summed E-state index contributed by atoms with van der Waals surface area (Å²) in [5, 5.41) is 11.4. The van der Waals surface area contributed by atoms with E-state index in [0.29, 0.717) is 11.3 Å². The molecule has 8 nitrogen and oxygen atoms in total. The fourth-order valence-electron chi connectivity index (χ4n) is 7.16. The highest BCUT2D eigenvalue weighted by molar-refractivity contribution is 9.09. The molecule has 4 amide bonds. The summed E-state index contributed by atoms with van der Waals surface area (Å²) in [5.41, 5.74) is 1.99. The van der Waals surface area contributed by atoms with Gasteiger partial charge in [0, 0.05) is 11.5 Å². The van der Waals surface area contributed by atoms with Crippen molar-refractivity contribution in [1.29, 1.82) is 0 Å². The second kappa shape index (κ2) is 10.2. The number of carbonyl (C=O) groups is 4. The fourth-order valence-corrected chi connectivity index (χ4v) is 8.57. The van der Waals surface area contributed by atoms with Crippen molar-refractivity contribution in [2.45, 2.75) is 35.4 Å². The van der Waals surface area contributed by atoms with Gasteiger partial charge in [-0.15, -0.1) is 23.2 Å². The van der Waals surface area contributed by atoms with Gasteiger partial charge < -0.3 is 9.84 Å². The molecule has 0 aromatic heterocycles. The monoisotopic (exact) mass is 672 g/mol. The molecule has 6 rings (SSSR count). The summed E-state index contributed by atoms with van der Waals surface area (Å²) in [6.45, 7) is 5.79. The number of rotatable bonds is 6. The summed E-state index contributed by atoms with van der Waals surface area (Å²) in [5.74, 6) is -5.50. The summed E-state index contributed by atoms with van der Waals surface area (Å²) < 4.78 is 5.62. The first kappa shape index (κ1) is 29.0. The Balaban J connectivity index is 1.52. The molecule has 2 saturated heterocycles. The molecule has 218 valence electrons. The summed E-state index contributed by atoms with van der Waals surface area (Å²) >= 11 is 17.7. The van der Waals surface area contributed by atoms with Gasteiger partial charge in [-0.2, -0.15) is 0 Å². The largest absolute Gasteiger partial charge is 0.504 e. The molecule has 2 aliphatic carbocycles. The van der Waals surface area contributed by atoms with Gasteiger partial charge in [0.15, 0.2) is 21.2 Å². The first-order valence-corrected chi connectivity index (χ1v) is 15.5. The Kier molecular flexibility index (Phi) is 7.06. The third-order valence-electron chi connectivity index (χ3n) is 9.04. The molecule has 6 atom stereocenters. The predicted octanol–water partition coefficient (Wildman–Crippen LogP) is 5.35. The van der Waals surface area contributed by atoms with Gasteiger partial charge in [-0.25, -0.2) is 0 Å². The number of phenolic OH excluding ortho intramolecular Hbond substituents is 1. The summed E-state index contributed by atoms with van der Waals surface area (Å²) in [6.07, 6.45) is 3.58. The number of alkyl halides is 3. The standard InChI is InChI=1S/C31H27BrCl2N2O6/c1-3-16-8-10-17(11-9-16)36-26(38)19-13-12-18-21(23(19)27(36)39)14-30(33)28(40)35(15-32)29(41)31(30,34)24(18)20-6-5-7-22(25(20)37)42-4-2/h3,5-12,19,21,23-24,37H,1,4,13-15H2,2H3/t19-,21+,23-,24+,30+,31-/m0/s1. The minimum absolute atomic E-state index is 0.132. The molecule has 42 heavy (non-hydrogen) atoms. The number of carbonyl (C=O) groups excluding carboxylic acids is 4. The predicted molar refractivity (Wildman–Crippen MR) is 162 cm³/mol. The van der Waals surface area contributed by atoms with Gasteiger partial charge in [-0.1, -0.05) is 64.5 Å². The molecule has 4 aliphatic rings. The van der Waals surface area contributed by atoms with Crippen molar-refractivity contribution >= 4 is 74.5 Å². The lowest BCUT2D eigenvalue weighted by Crippen LogP contribution is -2.60. The van der Waals surface area contributed by atoms with E-state index >= 15 is 0 Å². The normalized spacial score (nSPS) is 32.0. The number of aromatic hydroxyl groups is 1. The van der Waals surface area contributed by atoms with Crippen LogP contribution in [-0.4, -0.2) is 55.4 Å². The Hall–Kier alpha value is -3.14. The SMILES string of the molecule is C=Cc1ccc(N2C(=O)[C@H]3[C@H](CC=C4[C@H]3C[C@@]3(Cl)C(=O)N(CBr)C(=O)[C@@]3(Cl)[C@H]4c3cccc(OCC)c3O)C2=O)cc1. The van der Waals surface area contributed by atoms with Gasteiger partial charge in [0.2, 0.25) is 11.8 Å². The number of imide groups is 2. The summed E-state index contributed by atoms with van der Waals surface area (Å²) in [6, 6.07) is 11.8. The zero-order chi connectivity index (χ0) is 30.1. The maximum absolute atomic E-state index is 14.1. The highest BCUT2D eigenvalue weighted by atomic mass is 79.9. The fraction of sp³-hybridized carbons (Fsp3) is 0.355. The second-order valence-electron chi connectivity index (χ2n) is 10.9. The van der Waals surface area contributed by atoms with Crippen molar-refractivity contribution in [3.8, 4) is 11.5 Å². The molecular formula is C31H27BrCl2N2O6. The topological polar surface area (TPSA) is 104 Å². The lowest BCUT2D eigenvalue weighted by molar-refractivity contribution is -0.138. The van der Waals surface area contributed by atoms with Gasteiger partial charge in [0.1, 0.15) is 0 Å². The Morgan fingerprint density at radius 2 is 1.79 bits per heavy atom. The molecule has 0 unspecified atom stereocenters. The van der Waals surface area contributed by atoms with Crippen molar-refractivity contribution in [2.24, 2.45) is 17.8 Å². The van der Waals surface area contributed by atoms with E-state index in [0.717, 1.165) is 10.5 Å². The number of halogens is 3. The number of allylic oxidation sites excluding steroid dienone is 2. The van der Waals surface area contributed by atoms with Crippen molar-refractivity contribution in [3.05, 3.63) is 71.8 Å². The lowest BCUT2D eigenvalue weighted by atomic mass is 9.56. The van der Waals surface area contributed by atoms with E-state index in [9.17, 15) is 24.3 Å². The van der Waals surface area contributed by atoms with Gasteiger partial charge in [-0.05, 0) is 49.4 Å². The van der Waals surface area contributed by atoms with Crippen molar-refractivity contribution in [1.82, 2.24) is 4.90 Å². The number of hydrogen-bond acceptors (Lipinski definition) is 6. The smallest absolute Gasteiger partial charge is 0.254 e. The highest BCUT2D eigenvalue weighted by Crippen LogP contribution is 2.66. The number of ether oxygens (including phenoxy) is 1. The second-order valence-corrected chi connectivity index (χ2v) is 12.7. The molecule has 2 aromatic rings. The molecule has 2 aromatic carbocycles. The van der Waals surface area contributed by atoms with E-state index < -0.39 is 51.1 Å². The number of phenols is 1. The first-order chi connectivity index (χ1) is 20.0. The summed E-state index contributed by atoms with van der Waals surface area (Å²) in [4.78, 5) is 53.7. The summed E-state index contributed by atoms with van der Waals surface area (Å²) in [7, 11) is 0. The molecule has 1 saturated carbocycles.